The number of amides is 2. The third kappa shape index (κ3) is 6.01. The molecule has 8 nitrogen and oxygen atoms in total. The molecule has 8 heteroatoms. The van der Waals surface area contributed by atoms with Gasteiger partial charge in [-0.15, -0.1) is 0 Å². The van der Waals surface area contributed by atoms with Gasteiger partial charge in [-0.3, -0.25) is 14.5 Å². The zero-order chi connectivity index (χ0) is 28.8. The number of benzene rings is 3. The van der Waals surface area contributed by atoms with E-state index in [1.54, 1.807) is 50.5 Å². The average molecular weight is 556 g/mol. The number of aromatic amines is 1. The van der Waals surface area contributed by atoms with Gasteiger partial charge in [-0.05, 0) is 48.7 Å². The van der Waals surface area contributed by atoms with E-state index >= 15 is 0 Å². The number of hydrogen-bond acceptors (Lipinski definition) is 5. The van der Waals surface area contributed by atoms with Crippen LogP contribution in [0, 0.1) is 0 Å². The molecular weight excluding hydrogens is 518 g/mol. The zero-order valence-electron chi connectivity index (χ0n) is 23.8. The summed E-state index contributed by atoms with van der Waals surface area (Å²) in [5, 5.41) is 4.23. The maximum absolute atomic E-state index is 14.5. The summed E-state index contributed by atoms with van der Waals surface area (Å²) >= 11 is 0. The fraction of sp³-hybridized carbons (Fsp3) is 0.333. The molecule has 1 saturated carbocycles. The second-order valence-electron chi connectivity index (χ2n) is 10.3. The number of rotatable bonds is 10. The molecule has 1 aromatic heterocycles. The minimum Gasteiger partial charge on any atom is -0.497 e. The van der Waals surface area contributed by atoms with Gasteiger partial charge in [-0.25, -0.2) is 0 Å². The lowest BCUT2D eigenvalue weighted by atomic mass is 9.94. The van der Waals surface area contributed by atoms with Crippen LogP contribution in [0.25, 0.3) is 10.9 Å². The van der Waals surface area contributed by atoms with E-state index in [0.29, 0.717) is 28.5 Å². The average Bonchev–Trinajstić information content (AvgIpc) is 3.42. The van der Waals surface area contributed by atoms with Gasteiger partial charge in [-0.1, -0.05) is 49.6 Å². The van der Waals surface area contributed by atoms with E-state index in [9.17, 15) is 9.59 Å². The number of fused-ring (bicyclic) bond motifs is 1. The van der Waals surface area contributed by atoms with E-state index in [1.165, 1.54) is 6.42 Å². The van der Waals surface area contributed by atoms with E-state index in [2.05, 4.69) is 10.3 Å². The normalized spacial score (nSPS) is 14.3. The van der Waals surface area contributed by atoms with Gasteiger partial charge in [0.15, 0.2) is 0 Å². The van der Waals surface area contributed by atoms with Crippen LogP contribution in [-0.4, -0.2) is 44.2 Å². The van der Waals surface area contributed by atoms with Crippen molar-refractivity contribution in [2.24, 2.45) is 0 Å². The van der Waals surface area contributed by atoms with Crippen molar-refractivity contribution in [3.05, 3.63) is 84.1 Å². The van der Waals surface area contributed by atoms with Crippen LogP contribution in [0.15, 0.2) is 72.9 Å². The molecule has 4 aromatic rings. The number of para-hydroxylation sites is 3. The number of anilines is 1. The molecule has 1 aliphatic rings. The highest BCUT2D eigenvalue weighted by atomic mass is 16.5. The minimum absolute atomic E-state index is 0.0474. The van der Waals surface area contributed by atoms with Crippen molar-refractivity contribution in [2.75, 3.05) is 26.2 Å². The van der Waals surface area contributed by atoms with Crippen LogP contribution in [-0.2, 0) is 16.0 Å². The Bertz CT molecular complexity index is 1510. The summed E-state index contributed by atoms with van der Waals surface area (Å²) in [6, 6.07) is 19.5. The minimum atomic E-state index is -1.02. The molecule has 41 heavy (non-hydrogen) atoms. The molecule has 214 valence electrons. The van der Waals surface area contributed by atoms with Crippen molar-refractivity contribution >= 4 is 28.4 Å². The third-order valence-electron chi connectivity index (χ3n) is 7.82. The Kier molecular flexibility index (Phi) is 8.77. The highest BCUT2D eigenvalue weighted by Crippen LogP contribution is 2.40. The molecule has 1 atom stereocenters. The van der Waals surface area contributed by atoms with Gasteiger partial charge in [-0.2, -0.15) is 0 Å². The number of H-pyrrole nitrogens is 1. The van der Waals surface area contributed by atoms with Crippen molar-refractivity contribution in [3.63, 3.8) is 0 Å². The topological polar surface area (TPSA) is 92.9 Å². The maximum Gasteiger partial charge on any atom is 0.248 e. The van der Waals surface area contributed by atoms with Crippen molar-refractivity contribution in [1.82, 2.24) is 10.3 Å². The summed E-state index contributed by atoms with van der Waals surface area (Å²) in [4.78, 5) is 33.6. The smallest absolute Gasteiger partial charge is 0.248 e. The van der Waals surface area contributed by atoms with Crippen molar-refractivity contribution < 1.29 is 23.8 Å². The Labute approximate surface area is 240 Å². The van der Waals surface area contributed by atoms with Crippen molar-refractivity contribution in [2.45, 2.75) is 50.6 Å². The first-order valence-electron chi connectivity index (χ1n) is 14.1. The van der Waals surface area contributed by atoms with E-state index in [-0.39, 0.29) is 24.3 Å². The van der Waals surface area contributed by atoms with E-state index in [0.717, 1.165) is 42.1 Å². The van der Waals surface area contributed by atoms with E-state index < -0.39 is 6.04 Å². The summed E-state index contributed by atoms with van der Waals surface area (Å²) in [7, 11) is 4.69. The second-order valence-corrected chi connectivity index (χ2v) is 10.3. The van der Waals surface area contributed by atoms with Gasteiger partial charge in [0.25, 0.3) is 0 Å². The lowest BCUT2D eigenvalue weighted by Gasteiger charge is -2.34. The number of carbonyl (C=O) groups is 2. The number of carbonyl (C=O) groups excluding carboxylic acids is 2. The lowest BCUT2D eigenvalue weighted by molar-refractivity contribution is -0.127. The van der Waals surface area contributed by atoms with Crippen molar-refractivity contribution in [1.29, 1.82) is 0 Å². The second kappa shape index (κ2) is 12.8. The van der Waals surface area contributed by atoms with Crippen LogP contribution < -0.4 is 24.4 Å². The first-order valence-corrected chi connectivity index (χ1v) is 14.1. The molecule has 0 unspecified atom stereocenters. The SMILES string of the molecule is COc1ccc([C@@H](C(=O)NC2CCCCC2)N(C(=O)Cc2c[nH]c3ccccc23)c2ccccc2OC)c(OC)c1. The number of ether oxygens (including phenoxy) is 3. The van der Waals surface area contributed by atoms with Crippen LogP contribution in [0.3, 0.4) is 0 Å². The van der Waals surface area contributed by atoms with E-state index in [1.807, 2.05) is 48.7 Å². The predicted octanol–water partition coefficient (Wildman–Crippen LogP) is 5.96. The number of methoxy groups -OCH3 is 3. The maximum atomic E-state index is 14.5. The highest BCUT2D eigenvalue weighted by molar-refractivity contribution is 6.04. The van der Waals surface area contributed by atoms with Gasteiger partial charge in [0.05, 0.1) is 33.4 Å². The molecule has 2 amide bonds. The summed E-state index contributed by atoms with van der Waals surface area (Å²) in [6.45, 7) is 0. The molecule has 5 rings (SSSR count). The van der Waals surface area contributed by atoms with E-state index in [4.69, 9.17) is 14.2 Å². The molecule has 0 radical (unpaired) electrons. The van der Waals surface area contributed by atoms with Crippen LogP contribution in [0.4, 0.5) is 5.69 Å². The summed E-state index contributed by atoms with van der Waals surface area (Å²) < 4.78 is 16.9. The number of nitrogens with one attached hydrogen (secondary N) is 2. The van der Waals surface area contributed by atoms with Gasteiger partial charge >= 0.3 is 0 Å². The Hall–Kier alpha value is -4.46. The summed E-state index contributed by atoms with van der Waals surface area (Å²) in [6.07, 6.45) is 7.06. The zero-order valence-corrected chi connectivity index (χ0v) is 23.8. The first kappa shape index (κ1) is 28.1. The van der Waals surface area contributed by atoms with Gasteiger partial charge in [0.2, 0.25) is 11.8 Å². The molecule has 0 bridgehead atoms. The molecule has 0 spiro atoms. The Morgan fingerprint density at radius 1 is 0.902 bits per heavy atom. The summed E-state index contributed by atoms with van der Waals surface area (Å²) in [5.74, 6) is 1.01. The molecule has 1 fully saturated rings. The summed E-state index contributed by atoms with van der Waals surface area (Å²) in [5.41, 5.74) is 2.85. The van der Waals surface area contributed by atoms with Crippen LogP contribution in [0.5, 0.6) is 17.2 Å². The molecule has 0 aliphatic heterocycles. The number of hydrogen-bond donors (Lipinski definition) is 2. The molecule has 1 aliphatic carbocycles. The standard InChI is InChI=1S/C33H37N3O5/c1-39-24-17-18-26(30(20-24)41-3)32(33(38)35-23-11-5-4-6-12-23)36(28-15-9-10-16-29(28)40-2)31(37)19-22-21-34-27-14-8-7-13-25(22)27/h7-10,13-18,20-21,23,32,34H,4-6,11-12,19H2,1-3H3,(H,35,38)/t32-/m0/s1. The van der Waals surface area contributed by atoms with Crippen LogP contribution >= 0.6 is 0 Å². The molecule has 0 saturated heterocycles. The Morgan fingerprint density at radius 2 is 1.63 bits per heavy atom. The Morgan fingerprint density at radius 3 is 2.39 bits per heavy atom. The number of nitrogens with zero attached hydrogens (tertiary/aromatic N) is 1. The Balaban J connectivity index is 1.64. The molecule has 1 heterocycles. The van der Waals surface area contributed by atoms with Gasteiger partial charge < -0.3 is 24.5 Å². The van der Waals surface area contributed by atoms with Crippen LogP contribution in [0.1, 0.15) is 49.3 Å². The van der Waals surface area contributed by atoms with Crippen molar-refractivity contribution in [3.8, 4) is 17.2 Å². The monoisotopic (exact) mass is 555 g/mol. The first-order chi connectivity index (χ1) is 20.0. The van der Waals surface area contributed by atoms with Gasteiger partial charge in [0.1, 0.15) is 23.3 Å². The third-order valence-corrected chi connectivity index (χ3v) is 7.82. The fourth-order valence-corrected chi connectivity index (χ4v) is 5.74. The molecule has 2 N–H and O–H groups in total. The predicted molar refractivity (Wildman–Crippen MR) is 160 cm³/mol. The van der Waals surface area contributed by atoms with Gasteiger partial charge in [0, 0.05) is 34.8 Å². The quantitative estimate of drug-likeness (QED) is 0.252. The molecule has 3 aromatic carbocycles. The fourth-order valence-electron chi connectivity index (χ4n) is 5.74. The van der Waals surface area contributed by atoms with Crippen LogP contribution in [0.2, 0.25) is 0 Å². The lowest BCUT2D eigenvalue weighted by Crippen LogP contribution is -2.48. The largest absolute Gasteiger partial charge is 0.497 e. The number of aromatic nitrogens is 1. The molecular formula is C33H37N3O5. The highest BCUT2D eigenvalue weighted by Gasteiger charge is 2.37.